The van der Waals surface area contributed by atoms with Gasteiger partial charge in [0.1, 0.15) is 11.3 Å². The van der Waals surface area contributed by atoms with Gasteiger partial charge in [-0.15, -0.1) is 0 Å². The predicted molar refractivity (Wildman–Crippen MR) is 110 cm³/mol. The van der Waals surface area contributed by atoms with E-state index in [4.69, 9.17) is 4.74 Å². The zero-order valence-electron chi connectivity index (χ0n) is 17.4. The lowest BCUT2D eigenvalue weighted by Gasteiger charge is -2.30. The maximum absolute atomic E-state index is 12.7. The molecule has 0 atom stereocenters. The number of carbonyl (C=O) groups excluding carboxylic acids is 3. The molecule has 0 unspecified atom stereocenters. The normalized spacial score (nSPS) is 18.1. The third kappa shape index (κ3) is 4.89. The Kier molecular flexibility index (Phi) is 6.77. The molecular formula is C22H31N3O4. The Hall–Kier alpha value is -2.57. The highest BCUT2D eigenvalue weighted by molar-refractivity contribution is 6.07. The molecule has 0 radical (unpaired) electrons. The minimum atomic E-state index is -0.725. The van der Waals surface area contributed by atoms with Gasteiger partial charge >= 0.3 is 6.03 Å². The first-order chi connectivity index (χ1) is 13.9. The number of hydrogen-bond acceptors (Lipinski definition) is 4. The van der Waals surface area contributed by atoms with Crippen LogP contribution in [-0.2, 0) is 9.59 Å². The first-order valence-electron chi connectivity index (χ1n) is 10.5. The molecule has 1 aliphatic heterocycles. The maximum atomic E-state index is 12.7. The summed E-state index contributed by atoms with van der Waals surface area (Å²) in [4.78, 5) is 40.3. The van der Waals surface area contributed by atoms with Gasteiger partial charge in [0, 0.05) is 26.6 Å². The molecule has 7 heteroatoms. The van der Waals surface area contributed by atoms with E-state index < -0.39 is 5.54 Å². The number of amides is 4. The second-order valence-corrected chi connectivity index (χ2v) is 8.06. The van der Waals surface area contributed by atoms with Crippen LogP contribution in [0.1, 0.15) is 50.5 Å². The van der Waals surface area contributed by atoms with Crippen molar-refractivity contribution in [2.45, 2.75) is 57.4 Å². The average Bonchev–Trinajstić information content (AvgIpc) is 2.94. The Morgan fingerprint density at radius 1 is 1.21 bits per heavy atom. The van der Waals surface area contributed by atoms with Gasteiger partial charge in [0.05, 0.1) is 6.61 Å². The zero-order chi connectivity index (χ0) is 20.9. The lowest BCUT2D eigenvalue weighted by atomic mass is 9.82. The number of carbonyl (C=O) groups is 3. The van der Waals surface area contributed by atoms with Crippen LogP contribution in [0.3, 0.4) is 0 Å². The zero-order valence-corrected chi connectivity index (χ0v) is 17.4. The summed E-state index contributed by atoms with van der Waals surface area (Å²) in [7, 11) is 1.74. The van der Waals surface area contributed by atoms with Crippen LogP contribution in [0.15, 0.2) is 24.3 Å². The smallest absolute Gasteiger partial charge is 0.325 e. The molecule has 0 aromatic heterocycles. The molecule has 1 heterocycles. The van der Waals surface area contributed by atoms with Crippen molar-refractivity contribution in [3.63, 3.8) is 0 Å². The third-order valence-electron chi connectivity index (χ3n) is 5.92. The number of hydrogen-bond donors (Lipinski definition) is 1. The van der Waals surface area contributed by atoms with Crippen LogP contribution < -0.4 is 10.1 Å². The first-order valence-corrected chi connectivity index (χ1v) is 10.5. The number of urea groups is 1. The van der Waals surface area contributed by atoms with E-state index in [-0.39, 0.29) is 30.8 Å². The highest BCUT2D eigenvalue weighted by Gasteiger charge is 2.51. The molecule has 1 aromatic rings. The monoisotopic (exact) mass is 401 g/mol. The fraction of sp³-hybridized carbons (Fsp3) is 0.591. The first kappa shape index (κ1) is 21.1. The molecule has 1 saturated heterocycles. The molecule has 7 nitrogen and oxygen atoms in total. The largest absolute Gasteiger partial charge is 0.493 e. The Balaban J connectivity index is 1.40. The van der Waals surface area contributed by atoms with E-state index in [1.165, 1.54) is 4.90 Å². The summed E-state index contributed by atoms with van der Waals surface area (Å²) >= 11 is 0. The van der Waals surface area contributed by atoms with E-state index in [0.717, 1.165) is 30.6 Å². The van der Waals surface area contributed by atoms with Gasteiger partial charge in [-0.25, -0.2) is 4.79 Å². The molecule has 2 aliphatic rings. The van der Waals surface area contributed by atoms with E-state index in [9.17, 15) is 14.4 Å². The molecule has 1 aliphatic carbocycles. The minimum absolute atomic E-state index is 0.0777. The fourth-order valence-corrected chi connectivity index (χ4v) is 4.10. The van der Waals surface area contributed by atoms with Gasteiger partial charge in [-0.1, -0.05) is 37.5 Å². The second-order valence-electron chi connectivity index (χ2n) is 8.06. The quantitative estimate of drug-likeness (QED) is 0.537. The van der Waals surface area contributed by atoms with Gasteiger partial charge in [-0.3, -0.25) is 14.5 Å². The summed E-state index contributed by atoms with van der Waals surface area (Å²) in [6.45, 7) is 3.22. The van der Waals surface area contributed by atoms with Crippen LogP contribution in [-0.4, -0.2) is 59.9 Å². The Bertz CT molecular complexity index is 758. The standard InChI is InChI=1S/C22H31N3O4/c1-17-9-4-5-10-18(17)29-16-8-14-24(2)19(26)11-15-25-20(27)22(23-21(25)28)12-6-3-7-13-22/h4-5,9-10H,3,6-8,11-16H2,1-2H3,(H,23,28). The van der Waals surface area contributed by atoms with E-state index in [1.54, 1.807) is 11.9 Å². The maximum Gasteiger partial charge on any atom is 0.325 e. The topological polar surface area (TPSA) is 79.0 Å². The van der Waals surface area contributed by atoms with Gasteiger partial charge in [0.2, 0.25) is 5.91 Å². The van der Waals surface area contributed by atoms with Crippen molar-refractivity contribution < 1.29 is 19.1 Å². The van der Waals surface area contributed by atoms with Crippen LogP contribution in [0.4, 0.5) is 4.79 Å². The van der Waals surface area contributed by atoms with Crippen LogP contribution in [0.2, 0.25) is 0 Å². The molecule has 1 N–H and O–H groups in total. The van der Waals surface area contributed by atoms with Crippen molar-refractivity contribution in [1.82, 2.24) is 15.1 Å². The highest BCUT2D eigenvalue weighted by Crippen LogP contribution is 2.33. The van der Waals surface area contributed by atoms with E-state index in [2.05, 4.69) is 5.32 Å². The number of ether oxygens (including phenoxy) is 1. The number of rotatable bonds is 8. The molecule has 1 saturated carbocycles. The molecule has 0 bridgehead atoms. The molecular weight excluding hydrogens is 370 g/mol. The number of para-hydroxylation sites is 1. The Morgan fingerprint density at radius 2 is 1.93 bits per heavy atom. The van der Waals surface area contributed by atoms with Crippen molar-refractivity contribution in [3.05, 3.63) is 29.8 Å². The minimum Gasteiger partial charge on any atom is -0.493 e. The van der Waals surface area contributed by atoms with Crippen molar-refractivity contribution >= 4 is 17.8 Å². The molecule has 1 aromatic carbocycles. The molecule has 29 heavy (non-hydrogen) atoms. The molecule has 158 valence electrons. The number of benzene rings is 1. The number of nitrogens with zero attached hydrogens (tertiary/aromatic N) is 2. The molecule has 3 rings (SSSR count). The molecule has 1 spiro atoms. The summed E-state index contributed by atoms with van der Waals surface area (Å²) in [6, 6.07) is 7.47. The highest BCUT2D eigenvalue weighted by atomic mass is 16.5. The Labute approximate surface area is 172 Å². The second kappa shape index (κ2) is 9.29. The van der Waals surface area contributed by atoms with E-state index in [0.29, 0.717) is 32.4 Å². The van der Waals surface area contributed by atoms with Gasteiger partial charge in [-0.2, -0.15) is 0 Å². The van der Waals surface area contributed by atoms with Crippen LogP contribution in [0, 0.1) is 6.92 Å². The van der Waals surface area contributed by atoms with E-state index >= 15 is 0 Å². The lowest BCUT2D eigenvalue weighted by molar-refractivity contribution is -0.134. The van der Waals surface area contributed by atoms with Gasteiger partial charge in [0.25, 0.3) is 5.91 Å². The summed E-state index contributed by atoms with van der Waals surface area (Å²) in [6.07, 6.45) is 5.25. The lowest BCUT2D eigenvalue weighted by Crippen LogP contribution is -2.48. The number of imide groups is 1. The SMILES string of the molecule is Cc1ccccc1OCCCN(C)C(=O)CCN1C(=O)NC2(CCCCC2)C1=O. The van der Waals surface area contributed by atoms with Crippen molar-refractivity contribution in [2.75, 3.05) is 26.7 Å². The Morgan fingerprint density at radius 3 is 2.66 bits per heavy atom. The van der Waals surface area contributed by atoms with E-state index in [1.807, 2.05) is 31.2 Å². The predicted octanol–water partition coefficient (Wildman–Crippen LogP) is 2.87. The molecule has 4 amide bonds. The summed E-state index contributed by atoms with van der Waals surface area (Å²) in [5, 5.41) is 2.88. The van der Waals surface area contributed by atoms with Crippen molar-refractivity contribution in [2.24, 2.45) is 0 Å². The summed E-state index contributed by atoms with van der Waals surface area (Å²) in [5.74, 6) is 0.618. The fourth-order valence-electron chi connectivity index (χ4n) is 4.10. The van der Waals surface area contributed by atoms with Crippen LogP contribution in [0.25, 0.3) is 0 Å². The van der Waals surface area contributed by atoms with Gasteiger partial charge in [-0.05, 0) is 37.8 Å². The van der Waals surface area contributed by atoms with Crippen LogP contribution >= 0.6 is 0 Å². The average molecular weight is 402 g/mol. The van der Waals surface area contributed by atoms with Gasteiger partial charge < -0.3 is 15.0 Å². The van der Waals surface area contributed by atoms with Crippen molar-refractivity contribution in [1.29, 1.82) is 0 Å². The number of nitrogens with one attached hydrogen (secondary N) is 1. The summed E-state index contributed by atoms with van der Waals surface area (Å²) < 4.78 is 5.76. The number of aryl methyl sites for hydroxylation is 1. The summed E-state index contributed by atoms with van der Waals surface area (Å²) in [5.41, 5.74) is 0.359. The third-order valence-corrected chi connectivity index (χ3v) is 5.92. The van der Waals surface area contributed by atoms with Crippen molar-refractivity contribution in [3.8, 4) is 5.75 Å². The van der Waals surface area contributed by atoms with Gasteiger partial charge in [0.15, 0.2) is 0 Å². The molecule has 2 fully saturated rings. The van der Waals surface area contributed by atoms with Crippen LogP contribution in [0.5, 0.6) is 5.75 Å².